The molecule has 2 aliphatic rings. The number of hydrogen-bond donors (Lipinski definition) is 0. The van der Waals surface area contributed by atoms with Gasteiger partial charge in [-0.25, -0.2) is 0 Å². The van der Waals surface area contributed by atoms with E-state index < -0.39 is 16.6 Å². The van der Waals surface area contributed by atoms with Crippen LogP contribution in [0.4, 0.5) is 0 Å². The summed E-state index contributed by atoms with van der Waals surface area (Å²) in [4.78, 5) is 0. The van der Waals surface area contributed by atoms with Gasteiger partial charge in [-0.2, -0.15) is 0 Å². The van der Waals surface area contributed by atoms with Crippen molar-refractivity contribution in [3.63, 3.8) is 0 Å². The second kappa shape index (κ2) is 7.41. The first-order valence-corrected chi connectivity index (χ1v) is 13.4. The van der Waals surface area contributed by atoms with E-state index in [2.05, 4.69) is 37.6 Å². The van der Waals surface area contributed by atoms with Crippen LogP contribution in [0.2, 0.25) is 26.2 Å². The summed E-state index contributed by atoms with van der Waals surface area (Å²) in [7, 11) is -4.20. The highest BCUT2D eigenvalue weighted by Crippen LogP contribution is 2.18. The monoisotopic (exact) mass is 326 g/mol. The summed E-state index contributed by atoms with van der Waals surface area (Å²) in [5.41, 5.74) is 4.29. The molecule has 9 heteroatoms. The molecule has 5 nitrogen and oxygen atoms in total. The lowest BCUT2D eigenvalue weighted by atomic mass is 9.92. The molecule has 0 bridgehead atoms. The van der Waals surface area contributed by atoms with Crippen LogP contribution in [-0.2, 0) is 22.7 Å². The fourth-order valence-corrected chi connectivity index (χ4v) is 9.55. The van der Waals surface area contributed by atoms with Gasteiger partial charge in [0.25, 0.3) is 0 Å². The van der Waals surface area contributed by atoms with Gasteiger partial charge in [-0.1, -0.05) is 23.3 Å². The maximum atomic E-state index is 6.43. The minimum absolute atomic E-state index is 0.207. The maximum absolute atomic E-state index is 6.43. The van der Waals surface area contributed by atoms with Crippen LogP contribution in [0.25, 0.3) is 0 Å². The van der Waals surface area contributed by atoms with E-state index in [-0.39, 0.29) is 14.2 Å². The summed E-state index contributed by atoms with van der Waals surface area (Å²) in [6.07, 6.45) is 0. The van der Waals surface area contributed by atoms with E-state index in [0.717, 1.165) is 0 Å². The summed E-state index contributed by atoms with van der Waals surface area (Å²) in [6.45, 7) is 11.4. The predicted octanol–water partition coefficient (Wildman–Crippen LogP) is 1.75. The Morgan fingerprint density at radius 2 is 1.05 bits per heavy atom. The van der Waals surface area contributed by atoms with Gasteiger partial charge in [0, 0.05) is 0 Å². The van der Waals surface area contributed by atoms with Crippen LogP contribution in [0.15, 0.2) is 23.3 Å². The van der Waals surface area contributed by atoms with Gasteiger partial charge >= 0.3 is 14.2 Å². The van der Waals surface area contributed by atoms with E-state index in [0.29, 0.717) is 26.4 Å². The van der Waals surface area contributed by atoms with Gasteiger partial charge in [-0.3, -0.25) is 0 Å². The second-order valence-electron chi connectivity index (χ2n) is 6.25. The summed E-state index contributed by atoms with van der Waals surface area (Å²) in [5, 5.41) is 0. The normalized spacial score (nSPS) is 21.3. The molecule has 0 aromatic heterocycles. The molecule has 116 valence electrons. The molecule has 0 aliphatic carbocycles. The molecule has 0 aromatic rings. The molecule has 0 aromatic carbocycles. The highest BCUT2D eigenvalue weighted by atomic mass is 28.4. The molecule has 0 amide bonds. The Balaban J connectivity index is 1.86. The summed E-state index contributed by atoms with van der Waals surface area (Å²) < 4.78 is 28.1. The molecule has 0 spiro atoms. The molecule has 21 heavy (non-hydrogen) atoms. The van der Waals surface area contributed by atoms with E-state index in [9.17, 15) is 0 Å². The molecule has 0 atom stereocenters. The molecular formula is C12H24B2O5Si2. The Morgan fingerprint density at radius 3 is 1.38 bits per heavy atom. The summed E-state index contributed by atoms with van der Waals surface area (Å²) >= 11 is 0. The average Bonchev–Trinajstić information content (AvgIpc) is 3.06. The predicted molar refractivity (Wildman–Crippen MR) is 89.6 cm³/mol. The van der Waals surface area contributed by atoms with Crippen molar-refractivity contribution < 1.29 is 22.7 Å². The zero-order valence-electron chi connectivity index (χ0n) is 13.3. The fraction of sp³-hybridized carbons (Fsp3) is 0.667. The first-order chi connectivity index (χ1) is 9.86. The van der Waals surface area contributed by atoms with Gasteiger partial charge in [0.1, 0.15) is 0 Å². The van der Waals surface area contributed by atoms with Crippen LogP contribution >= 0.6 is 0 Å². The molecule has 2 rings (SSSR count). The Kier molecular flexibility index (Phi) is 6.07. The first-order valence-electron chi connectivity index (χ1n) is 7.42. The Bertz CT molecular complexity index is 355. The minimum Gasteiger partial charge on any atom is -0.449 e. The lowest BCUT2D eigenvalue weighted by Gasteiger charge is -2.30. The summed E-state index contributed by atoms with van der Waals surface area (Å²) in [5.74, 6) is 3.97. The second-order valence-corrected chi connectivity index (χ2v) is 14.1. The van der Waals surface area contributed by atoms with Gasteiger partial charge < -0.3 is 22.7 Å². The number of hydrogen-bond acceptors (Lipinski definition) is 5. The highest BCUT2D eigenvalue weighted by Gasteiger charge is 2.31. The van der Waals surface area contributed by atoms with Gasteiger partial charge in [-0.05, 0) is 26.2 Å². The third kappa shape index (κ3) is 6.23. The van der Waals surface area contributed by atoms with Crippen LogP contribution < -0.4 is 0 Å². The van der Waals surface area contributed by atoms with Crippen molar-refractivity contribution in [3.05, 3.63) is 23.3 Å². The third-order valence-corrected chi connectivity index (χ3v) is 9.33. The first kappa shape index (κ1) is 17.2. The van der Waals surface area contributed by atoms with Gasteiger partial charge in [-0.15, -0.1) is 0 Å². The van der Waals surface area contributed by atoms with E-state index in [1.807, 2.05) is 12.0 Å². The van der Waals surface area contributed by atoms with Crippen molar-refractivity contribution in [2.45, 2.75) is 26.2 Å². The van der Waals surface area contributed by atoms with Gasteiger partial charge in [0.05, 0.1) is 26.4 Å². The molecule has 2 aliphatic heterocycles. The topological polar surface area (TPSA) is 46.2 Å². The van der Waals surface area contributed by atoms with Crippen molar-refractivity contribution in [3.8, 4) is 0 Å². The number of rotatable bonds is 6. The Labute approximate surface area is 130 Å². The molecule has 0 N–H and O–H groups in total. The van der Waals surface area contributed by atoms with E-state index in [4.69, 9.17) is 22.7 Å². The van der Waals surface area contributed by atoms with E-state index >= 15 is 0 Å². The third-order valence-electron chi connectivity index (χ3n) is 3.13. The largest absolute Gasteiger partial charge is 0.485 e. The van der Waals surface area contributed by atoms with Crippen molar-refractivity contribution in [1.29, 1.82) is 0 Å². The molecule has 2 heterocycles. The summed E-state index contributed by atoms with van der Waals surface area (Å²) in [6, 6.07) is 0. The van der Waals surface area contributed by atoms with Gasteiger partial charge in [0.2, 0.25) is 0 Å². The average molecular weight is 326 g/mol. The van der Waals surface area contributed by atoms with E-state index in [1.165, 1.54) is 0 Å². The molecule has 0 saturated carbocycles. The zero-order chi connectivity index (χ0) is 15.3. The van der Waals surface area contributed by atoms with Crippen LogP contribution in [0, 0.1) is 0 Å². The standard InChI is InChI=1S/C12H24B2O5Si2/c1-20(2,11-5-13-15-7-8-16-13)19-21(3,4)12-6-14-17-9-10-18-14/h5-6,11-12H,7-10H2,1-4H3/b11-5+,12-6+. The van der Waals surface area contributed by atoms with Crippen LogP contribution in [0.5, 0.6) is 0 Å². The molecule has 0 unspecified atom stereocenters. The zero-order valence-corrected chi connectivity index (χ0v) is 15.3. The smallest absolute Gasteiger partial charge is 0.449 e. The van der Waals surface area contributed by atoms with Gasteiger partial charge in [0.15, 0.2) is 16.6 Å². The van der Waals surface area contributed by atoms with E-state index in [1.54, 1.807) is 0 Å². The Morgan fingerprint density at radius 1 is 0.714 bits per heavy atom. The van der Waals surface area contributed by atoms with Crippen molar-refractivity contribution in [1.82, 2.24) is 0 Å². The molecule has 2 fully saturated rings. The lowest BCUT2D eigenvalue weighted by Crippen LogP contribution is -2.42. The molecule has 2 saturated heterocycles. The maximum Gasteiger partial charge on any atom is 0.485 e. The highest BCUT2D eigenvalue weighted by molar-refractivity contribution is 6.90. The lowest BCUT2D eigenvalue weighted by molar-refractivity contribution is 0.365. The van der Waals surface area contributed by atoms with Crippen LogP contribution in [-0.4, -0.2) is 57.3 Å². The fourth-order valence-electron chi connectivity index (χ4n) is 2.34. The Hall–Kier alpha value is -0.156. The van der Waals surface area contributed by atoms with Crippen molar-refractivity contribution in [2.75, 3.05) is 26.4 Å². The van der Waals surface area contributed by atoms with Crippen LogP contribution in [0.3, 0.4) is 0 Å². The molecule has 0 radical (unpaired) electrons. The molecular weight excluding hydrogens is 302 g/mol. The quantitative estimate of drug-likeness (QED) is 0.696. The van der Waals surface area contributed by atoms with Crippen molar-refractivity contribution in [2.24, 2.45) is 0 Å². The van der Waals surface area contributed by atoms with Crippen molar-refractivity contribution >= 4 is 30.9 Å². The minimum atomic E-state index is -1.89. The van der Waals surface area contributed by atoms with Crippen LogP contribution in [0.1, 0.15) is 0 Å². The SMILES string of the molecule is C[Si](C)(/C=C/B1OCCO1)O[Si](C)(C)/C=C/B1OCCO1.